The van der Waals surface area contributed by atoms with Crippen LogP contribution in [0.15, 0.2) is 77.7 Å². The number of halogens is 2. The fourth-order valence-electron chi connectivity index (χ4n) is 3.82. The number of sulfonamides is 1. The number of carbonyl (C=O) groups excluding carboxylic acids is 2. The molecule has 0 radical (unpaired) electrons. The van der Waals surface area contributed by atoms with Gasteiger partial charge in [0.15, 0.2) is 0 Å². The van der Waals surface area contributed by atoms with Crippen LogP contribution >= 0.6 is 23.2 Å². The summed E-state index contributed by atoms with van der Waals surface area (Å²) >= 11 is 12.4. The highest BCUT2D eigenvalue weighted by Crippen LogP contribution is 2.28. The van der Waals surface area contributed by atoms with Crippen molar-refractivity contribution < 1.29 is 18.0 Å². The molecule has 1 N–H and O–H groups in total. The first-order valence-electron chi connectivity index (χ1n) is 12.6. The molecule has 7 nitrogen and oxygen atoms in total. The van der Waals surface area contributed by atoms with Crippen molar-refractivity contribution in [3.63, 3.8) is 0 Å². The van der Waals surface area contributed by atoms with E-state index in [2.05, 4.69) is 5.32 Å². The molecule has 3 aromatic rings. The van der Waals surface area contributed by atoms with E-state index in [4.69, 9.17) is 23.2 Å². The van der Waals surface area contributed by atoms with E-state index in [1.54, 1.807) is 68.4 Å². The summed E-state index contributed by atoms with van der Waals surface area (Å²) in [6, 6.07) is 18.7. The highest BCUT2D eigenvalue weighted by Gasteiger charge is 2.33. The number of hydrogen-bond donors (Lipinski definition) is 1. The molecule has 3 aromatic carbocycles. The van der Waals surface area contributed by atoms with E-state index < -0.39 is 28.5 Å². The zero-order chi connectivity index (χ0) is 28.7. The topological polar surface area (TPSA) is 86.8 Å². The Hall–Kier alpha value is -3.07. The number of rotatable bonds is 11. The van der Waals surface area contributed by atoms with Crippen LogP contribution in [0.2, 0.25) is 10.0 Å². The van der Waals surface area contributed by atoms with Crippen molar-refractivity contribution in [3.05, 3.63) is 94.0 Å². The van der Waals surface area contributed by atoms with Gasteiger partial charge < -0.3 is 10.2 Å². The van der Waals surface area contributed by atoms with E-state index in [1.807, 2.05) is 13.8 Å². The number of nitrogens with zero attached hydrogens (tertiary/aromatic N) is 2. The van der Waals surface area contributed by atoms with Crippen molar-refractivity contribution >= 4 is 50.7 Å². The van der Waals surface area contributed by atoms with Gasteiger partial charge in [-0.3, -0.25) is 13.9 Å². The van der Waals surface area contributed by atoms with Crippen molar-refractivity contribution in [2.24, 2.45) is 0 Å². The Labute approximate surface area is 240 Å². The highest BCUT2D eigenvalue weighted by atomic mass is 35.5. The van der Waals surface area contributed by atoms with E-state index in [0.29, 0.717) is 10.0 Å². The molecule has 0 unspecified atom stereocenters. The lowest BCUT2D eigenvalue weighted by Gasteiger charge is -2.32. The summed E-state index contributed by atoms with van der Waals surface area (Å²) in [6.45, 7) is 6.81. The normalized spacial score (nSPS) is 12.9. The first-order chi connectivity index (χ1) is 18.4. The van der Waals surface area contributed by atoms with Crippen molar-refractivity contribution in [1.29, 1.82) is 0 Å². The Morgan fingerprint density at radius 3 is 2.18 bits per heavy atom. The Balaban J connectivity index is 2.03. The third-order valence-electron chi connectivity index (χ3n) is 6.49. The molecule has 0 fully saturated rings. The van der Waals surface area contributed by atoms with Crippen LogP contribution in [0.3, 0.4) is 0 Å². The second kappa shape index (κ2) is 13.3. The van der Waals surface area contributed by atoms with Crippen molar-refractivity contribution in [1.82, 2.24) is 10.2 Å². The number of anilines is 1. The molecule has 2 amide bonds. The molecular weight excluding hydrogens is 557 g/mol. The molecule has 0 aliphatic carbocycles. The Morgan fingerprint density at radius 2 is 1.59 bits per heavy atom. The van der Waals surface area contributed by atoms with Gasteiger partial charge in [0.05, 0.1) is 10.6 Å². The van der Waals surface area contributed by atoms with Crippen molar-refractivity contribution in [2.75, 3.05) is 10.8 Å². The minimum atomic E-state index is -4.15. The Morgan fingerprint density at radius 1 is 0.949 bits per heavy atom. The Bertz CT molecular complexity index is 1400. The van der Waals surface area contributed by atoms with Crippen LogP contribution < -0.4 is 9.62 Å². The minimum Gasteiger partial charge on any atom is -0.352 e. The maximum Gasteiger partial charge on any atom is 0.264 e. The van der Waals surface area contributed by atoms with Crippen LogP contribution in [0.5, 0.6) is 0 Å². The predicted octanol–water partition coefficient (Wildman–Crippen LogP) is 5.83. The third-order valence-corrected chi connectivity index (χ3v) is 8.94. The number of benzene rings is 3. The van der Waals surface area contributed by atoms with Crippen LogP contribution in [0.4, 0.5) is 5.69 Å². The van der Waals surface area contributed by atoms with Gasteiger partial charge >= 0.3 is 0 Å². The van der Waals surface area contributed by atoms with E-state index in [9.17, 15) is 18.0 Å². The number of nitrogens with one attached hydrogen (secondary N) is 1. The van der Waals surface area contributed by atoms with Gasteiger partial charge in [0.25, 0.3) is 10.0 Å². The van der Waals surface area contributed by atoms with Gasteiger partial charge in [-0.05, 0) is 74.7 Å². The van der Waals surface area contributed by atoms with E-state index in [0.717, 1.165) is 21.9 Å². The van der Waals surface area contributed by atoms with Gasteiger partial charge in [-0.25, -0.2) is 8.42 Å². The van der Waals surface area contributed by atoms with E-state index in [1.165, 1.54) is 23.1 Å². The average Bonchev–Trinajstić information content (AvgIpc) is 2.92. The van der Waals surface area contributed by atoms with Gasteiger partial charge in [-0.2, -0.15) is 0 Å². The number of carbonyl (C=O) groups is 2. The third kappa shape index (κ3) is 7.75. The zero-order valence-electron chi connectivity index (χ0n) is 22.4. The van der Waals surface area contributed by atoms with E-state index >= 15 is 0 Å². The summed E-state index contributed by atoms with van der Waals surface area (Å²) in [4.78, 5) is 28.4. The molecule has 2 atom stereocenters. The molecule has 0 aliphatic rings. The molecule has 0 bridgehead atoms. The number of amides is 2. The maximum absolute atomic E-state index is 13.9. The molecule has 0 saturated carbocycles. The molecular formula is C29H33Cl2N3O4S. The number of aryl methyl sites for hydroxylation is 1. The van der Waals surface area contributed by atoms with Gasteiger partial charge in [-0.1, -0.05) is 66.5 Å². The first-order valence-corrected chi connectivity index (χ1v) is 14.8. The summed E-state index contributed by atoms with van der Waals surface area (Å²) in [7, 11) is -4.15. The van der Waals surface area contributed by atoms with Gasteiger partial charge in [-0.15, -0.1) is 0 Å². The fourth-order valence-corrected chi connectivity index (χ4v) is 5.55. The summed E-state index contributed by atoms with van der Waals surface area (Å²) in [5, 5.41) is 3.82. The molecule has 0 heterocycles. The summed E-state index contributed by atoms with van der Waals surface area (Å²) in [5.74, 6) is -0.879. The van der Waals surface area contributed by atoms with Crippen molar-refractivity contribution in [2.45, 2.75) is 57.6 Å². The van der Waals surface area contributed by atoms with Crippen LogP contribution in [0.1, 0.15) is 38.3 Å². The van der Waals surface area contributed by atoms with Gasteiger partial charge in [0.2, 0.25) is 11.8 Å². The second-order valence-corrected chi connectivity index (χ2v) is 12.1. The fraction of sp³-hybridized carbons (Fsp3) is 0.310. The lowest BCUT2D eigenvalue weighted by Crippen LogP contribution is -2.52. The summed E-state index contributed by atoms with van der Waals surface area (Å²) in [5.41, 5.74) is 1.75. The van der Waals surface area contributed by atoms with Crippen LogP contribution in [0, 0.1) is 6.92 Å². The maximum atomic E-state index is 13.9. The Kier molecular flexibility index (Phi) is 10.4. The molecule has 0 spiro atoms. The smallest absolute Gasteiger partial charge is 0.264 e. The van der Waals surface area contributed by atoms with E-state index in [-0.39, 0.29) is 29.1 Å². The lowest BCUT2D eigenvalue weighted by molar-refractivity contribution is -0.139. The molecule has 10 heteroatoms. The van der Waals surface area contributed by atoms with Gasteiger partial charge in [0, 0.05) is 22.6 Å². The molecule has 39 heavy (non-hydrogen) atoms. The van der Waals surface area contributed by atoms with Crippen LogP contribution in [-0.2, 0) is 26.2 Å². The van der Waals surface area contributed by atoms with Crippen LogP contribution in [-0.4, -0.2) is 43.8 Å². The molecule has 0 aliphatic heterocycles. The highest BCUT2D eigenvalue weighted by molar-refractivity contribution is 7.92. The van der Waals surface area contributed by atoms with Gasteiger partial charge in [0.1, 0.15) is 12.6 Å². The number of hydrogen-bond acceptors (Lipinski definition) is 4. The summed E-state index contributed by atoms with van der Waals surface area (Å²) < 4.78 is 28.6. The SMILES string of the molecule is CC[C@H](C)NC(=O)[C@H](C)N(Cc1ccc(Cl)cc1)C(=O)CN(c1ccc(C)c(Cl)c1)S(=O)(=O)c1ccccc1. The molecule has 3 rings (SSSR count). The average molecular weight is 591 g/mol. The van der Waals surface area contributed by atoms with Crippen molar-refractivity contribution in [3.8, 4) is 0 Å². The minimum absolute atomic E-state index is 0.0290. The summed E-state index contributed by atoms with van der Waals surface area (Å²) in [6.07, 6.45) is 0.723. The standard InChI is InChI=1S/C29H33Cl2N3O4S/c1-5-21(3)32-29(36)22(4)33(18-23-12-14-24(30)15-13-23)28(35)19-34(25-16-11-20(2)27(31)17-25)39(37,38)26-9-7-6-8-10-26/h6-17,21-22H,5,18-19H2,1-4H3,(H,32,36)/t21-,22-/m0/s1. The molecule has 208 valence electrons. The lowest BCUT2D eigenvalue weighted by atomic mass is 10.1. The predicted molar refractivity (Wildman–Crippen MR) is 157 cm³/mol. The quantitative estimate of drug-likeness (QED) is 0.305. The second-order valence-electron chi connectivity index (χ2n) is 9.40. The molecule has 0 aromatic heterocycles. The first kappa shape index (κ1) is 30.5. The van der Waals surface area contributed by atoms with Crippen LogP contribution in [0.25, 0.3) is 0 Å². The largest absolute Gasteiger partial charge is 0.352 e. The molecule has 0 saturated heterocycles. The zero-order valence-corrected chi connectivity index (χ0v) is 24.7. The monoisotopic (exact) mass is 589 g/mol.